The van der Waals surface area contributed by atoms with Crippen LogP contribution in [0.3, 0.4) is 0 Å². The highest BCUT2D eigenvalue weighted by atomic mass is 32.2. The van der Waals surface area contributed by atoms with Gasteiger partial charge in [0.05, 0.1) is 11.0 Å². The zero-order valence-corrected chi connectivity index (χ0v) is 9.92. The van der Waals surface area contributed by atoms with E-state index in [1.165, 1.54) is 0 Å². The van der Waals surface area contributed by atoms with Gasteiger partial charge in [0.15, 0.2) is 9.84 Å². The van der Waals surface area contributed by atoms with Gasteiger partial charge >= 0.3 is 0 Å². The van der Waals surface area contributed by atoms with E-state index >= 15 is 0 Å². The maximum atomic E-state index is 11.8. The van der Waals surface area contributed by atoms with Gasteiger partial charge in [0.2, 0.25) is 0 Å². The molecule has 0 fully saturated rings. The minimum Gasteiger partial charge on any atom is -0.399 e. The second-order valence-corrected chi connectivity index (χ2v) is 6.19. The van der Waals surface area contributed by atoms with Gasteiger partial charge in [-0.15, -0.1) is 0 Å². The Morgan fingerprint density at radius 1 is 1.27 bits per heavy atom. The maximum absolute atomic E-state index is 11.8. The molecule has 84 valence electrons. The van der Waals surface area contributed by atoms with Crippen molar-refractivity contribution < 1.29 is 8.42 Å². The molecule has 0 spiro atoms. The lowest BCUT2D eigenvalue weighted by molar-refractivity contribution is 0.580. The van der Waals surface area contributed by atoms with Gasteiger partial charge in [-0.3, -0.25) is 0 Å². The van der Waals surface area contributed by atoms with Crippen molar-refractivity contribution in [3.63, 3.8) is 0 Å². The number of benzene rings is 1. The summed E-state index contributed by atoms with van der Waals surface area (Å²) < 4.78 is 23.6. The smallest absolute Gasteiger partial charge is 0.157 e. The van der Waals surface area contributed by atoms with Crippen LogP contribution in [0.5, 0.6) is 0 Å². The van der Waals surface area contributed by atoms with Gasteiger partial charge < -0.3 is 5.73 Å². The van der Waals surface area contributed by atoms with Crippen LogP contribution in [-0.4, -0.2) is 13.7 Å². The average Bonchev–Trinajstić information content (AvgIpc) is 2.20. The minimum absolute atomic E-state index is 0.0995. The second-order valence-electron chi connectivity index (χ2n) is 3.77. The van der Waals surface area contributed by atoms with E-state index in [0.29, 0.717) is 12.1 Å². The lowest BCUT2D eigenvalue weighted by atomic mass is 10.2. The lowest BCUT2D eigenvalue weighted by Crippen LogP contribution is -2.18. The van der Waals surface area contributed by atoms with Crippen molar-refractivity contribution in [1.29, 1.82) is 0 Å². The van der Waals surface area contributed by atoms with Crippen molar-refractivity contribution in [2.24, 2.45) is 0 Å². The van der Waals surface area contributed by atoms with Gasteiger partial charge in [-0.25, -0.2) is 8.42 Å². The number of nitrogens with two attached hydrogens (primary N) is 1. The summed E-state index contributed by atoms with van der Waals surface area (Å²) in [6.07, 6.45) is 0.650. The van der Waals surface area contributed by atoms with Crippen LogP contribution >= 0.6 is 0 Å². The highest BCUT2D eigenvalue weighted by molar-refractivity contribution is 7.91. The number of rotatable bonds is 4. The predicted octanol–water partition coefficient (Wildman–Crippen LogP) is 1.98. The fourth-order valence-corrected chi connectivity index (χ4v) is 2.69. The molecule has 1 aromatic carbocycles. The van der Waals surface area contributed by atoms with Gasteiger partial charge in [-0.2, -0.15) is 0 Å². The molecule has 0 saturated heterocycles. The topological polar surface area (TPSA) is 60.2 Å². The molecular weight excluding hydrogens is 210 g/mol. The number of hydrogen-bond donors (Lipinski definition) is 1. The Morgan fingerprint density at radius 2 is 1.80 bits per heavy atom. The van der Waals surface area contributed by atoms with E-state index in [4.69, 9.17) is 5.73 Å². The standard InChI is InChI=1S/C11H17NO2S/c1-3-9(2)15(13,14)8-10-4-6-11(12)7-5-10/h4-7,9H,3,8,12H2,1-2H3. The highest BCUT2D eigenvalue weighted by Crippen LogP contribution is 2.14. The summed E-state index contributed by atoms with van der Waals surface area (Å²) in [6.45, 7) is 3.62. The third-order valence-corrected chi connectivity index (χ3v) is 4.83. The van der Waals surface area contributed by atoms with E-state index < -0.39 is 9.84 Å². The third kappa shape index (κ3) is 3.23. The summed E-state index contributed by atoms with van der Waals surface area (Å²) in [5.41, 5.74) is 6.98. The normalized spacial score (nSPS) is 13.7. The quantitative estimate of drug-likeness (QED) is 0.800. The monoisotopic (exact) mass is 227 g/mol. The Kier molecular flexibility index (Phi) is 3.74. The van der Waals surface area contributed by atoms with Crippen LogP contribution in [0.25, 0.3) is 0 Å². The van der Waals surface area contributed by atoms with Gasteiger partial charge in [0.1, 0.15) is 0 Å². The Bertz CT molecular complexity index is 409. The Balaban J connectivity index is 2.82. The molecule has 1 unspecified atom stereocenters. The molecule has 1 atom stereocenters. The molecular formula is C11H17NO2S. The summed E-state index contributed by atoms with van der Waals surface area (Å²) >= 11 is 0. The summed E-state index contributed by atoms with van der Waals surface area (Å²) in [4.78, 5) is 0. The Hall–Kier alpha value is -1.03. The van der Waals surface area contributed by atoms with Crippen LogP contribution in [0.15, 0.2) is 24.3 Å². The summed E-state index contributed by atoms with van der Waals surface area (Å²) in [5, 5.41) is -0.282. The lowest BCUT2D eigenvalue weighted by Gasteiger charge is -2.10. The molecule has 1 aromatic rings. The molecule has 0 amide bonds. The first kappa shape index (κ1) is 12.0. The molecule has 1 rings (SSSR count). The fourth-order valence-electron chi connectivity index (χ4n) is 1.24. The van der Waals surface area contributed by atoms with Gasteiger partial charge in [0, 0.05) is 5.69 Å². The van der Waals surface area contributed by atoms with E-state index in [2.05, 4.69) is 0 Å². The van der Waals surface area contributed by atoms with Crippen molar-refractivity contribution in [2.45, 2.75) is 31.3 Å². The van der Waals surface area contributed by atoms with E-state index in [0.717, 1.165) is 5.56 Å². The molecule has 3 nitrogen and oxygen atoms in total. The molecule has 0 radical (unpaired) electrons. The summed E-state index contributed by atoms with van der Waals surface area (Å²) in [6, 6.07) is 6.97. The molecule has 0 aliphatic carbocycles. The highest BCUT2D eigenvalue weighted by Gasteiger charge is 2.19. The molecule has 2 N–H and O–H groups in total. The molecule has 0 aliphatic rings. The second kappa shape index (κ2) is 4.66. The first-order valence-electron chi connectivity index (χ1n) is 5.01. The number of nitrogen functional groups attached to an aromatic ring is 1. The maximum Gasteiger partial charge on any atom is 0.157 e. The average molecular weight is 227 g/mol. The van der Waals surface area contributed by atoms with Crippen LogP contribution in [-0.2, 0) is 15.6 Å². The molecule has 15 heavy (non-hydrogen) atoms. The van der Waals surface area contributed by atoms with E-state index in [1.807, 2.05) is 6.92 Å². The first-order chi connectivity index (χ1) is 6.95. The van der Waals surface area contributed by atoms with Crippen molar-refractivity contribution in [3.05, 3.63) is 29.8 Å². The molecule has 0 heterocycles. The van der Waals surface area contributed by atoms with E-state index in [1.54, 1.807) is 31.2 Å². The molecule has 0 aromatic heterocycles. The van der Waals surface area contributed by atoms with Crippen molar-refractivity contribution >= 4 is 15.5 Å². The number of anilines is 1. The molecule has 0 bridgehead atoms. The van der Waals surface area contributed by atoms with Crippen LogP contribution in [0.2, 0.25) is 0 Å². The van der Waals surface area contributed by atoms with E-state index in [9.17, 15) is 8.42 Å². The third-order valence-electron chi connectivity index (χ3n) is 2.54. The van der Waals surface area contributed by atoms with Crippen molar-refractivity contribution in [1.82, 2.24) is 0 Å². The minimum atomic E-state index is -3.02. The molecule has 0 aliphatic heterocycles. The van der Waals surface area contributed by atoms with Crippen molar-refractivity contribution in [3.8, 4) is 0 Å². The predicted molar refractivity (Wildman–Crippen MR) is 63.2 cm³/mol. The fraction of sp³-hybridized carbons (Fsp3) is 0.455. The van der Waals surface area contributed by atoms with Gasteiger partial charge in [0.25, 0.3) is 0 Å². The zero-order valence-electron chi connectivity index (χ0n) is 9.10. The van der Waals surface area contributed by atoms with Crippen LogP contribution in [0.1, 0.15) is 25.8 Å². The van der Waals surface area contributed by atoms with Gasteiger partial charge in [-0.05, 0) is 31.0 Å². The Morgan fingerprint density at radius 3 is 2.27 bits per heavy atom. The zero-order chi connectivity index (χ0) is 11.5. The van der Waals surface area contributed by atoms with Gasteiger partial charge in [-0.1, -0.05) is 19.1 Å². The SMILES string of the molecule is CCC(C)S(=O)(=O)Cc1ccc(N)cc1. The summed E-state index contributed by atoms with van der Waals surface area (Å²) in [7, 11) is -3.02. The van der Waals surface area contributed by atoms with Crippen molar-refractivity contribution in [2.75, 3.05) is 5.73 Å². The largest absolute Gasteiger partial charge is 0.399 e. The molecule has 0 saturated carbocycles. The van der Waals surface area contributed by atoms with E-state index in [-0.39, 0.29) is 11.0 Å². The first-order valence-corrected chi connectivity index (χ1v) is 6.73. The number of hydrogen-bond acceptors (Lipinski definition) is 3. The summed E-state index contributed by atoms with van der Waals surface area (Å²) in [5.74, 6) is 0.0995. The van der Waals surface area contributed by atoms with Crippen LogP contribution < -0.4 is 5.73 Å². The Labute approximate surface area is 91.2 Å². The van der Waals surface area contributed by atoms with Crippen LogP contribution in [0, 0.1) is 0 Å². The van der Waals surface area contributed by atoms with Crippen LogP contribution in [0.4, 0.5) is 5.69 Å². The molecule has 4 heteroatoms. The number of sulfone groups is 1.